The first-order valence-corrected chi connectivity index (χ1v) is 21.2. The molecule has 0 saturated heterocycles. The van der Waals surface area contributed by atoms with Crippen LogP contribution in [0.1, 0.15) is 197 Å². The van der Waals surface area contributed by atoms with E-state index in [0.29, 0.717) is 38.9 Å². The topological polar surface area (TPSA) is 194 Å². The highest BCUT2D eigenvalue weighted by molar-refractivity contribution is 5.87. The van der Waals surface area contributed by atoms with Crippen molar-refractivity contribution in [2.24, 2.45) is 17.2 Å². The lowest BCUT2D eigenvalue weighted by molar-refractivity contribution is -0.129. The number of carbonyl (C=O) groups excluding carboxylic acids is 4. The van der Waals surface area contributed by atoms with E-state index in [4.69, 9.17) is 17.2 Å². The van der Waals surface area contributed by atoms with Gasteiger partial charge < -0.3 is 38.5 Å². The van der Waals surface area contributed by atoms with Crippen LogP contribution < -0.4 is 38.5 Å². The second-order valence-corrected chi connectivity index (χ2v) is 12.5. The normalized spacial score (nSPS) is 10.6. The minimum Gasteiger partial charge on any atom is -0.358 e. The fourth-order valence-corrected chi connectivity index (χ4v) is 3.64. The second kappa shape index (κ2) is 58.1. The van der Waals surface area contributed by atoms with E-state index in [1.165, 1.54) is 44.9 Å². The number of nitrogens with two attached hydrogens (primary N) is 3. The summed E-state index contributed by atoms with van der Waals surface area (Å²) in [4.78, 5) is 46.5. The summed E-state index contributed by atoms with van der Waals surface area (Å²) >= 11 is 0. The summed E-state index contributed by atoms with van der Waals surface area (Å²) in [5.74, 6) is -0.289. The molecule has 0 fully saturated rings. The van der Waals surface area contributed by atoms with Crippen molar-refractivity contribution in [3.8, 4) is 0 Å². The molecule has 0 rings (SSSR count). The van der Waals surface area contributed by atoms with Crippen molar-refractivity contribution in [3.63, 3.8) is 0 Å². The molecule has 0 aliphatic carbocycles. The lowest BCUT2D eigenvalue weighted by atomic mass is 10.1. The molecule has 0 aliphatic rings. The van der Waals surface area contributed by atoms with Crippen LogP contribution in [-0.2, 0) is 19.2 Å². The van der Waals surface area contributed by atoms with Crippen LogP contribution >= 0.6 is 0 Å². The van der Waals surface area contributed by atoms with Gasteiger partial charge >= 0.3 is 0 Å². The molecule has 0 radical (unpaired) electrons. The number of amides is 4. The molecule has 316 valence electrons. The van der Waals surface area contributed by atoms with Crippen molar-refractivity contribution >= 4 is 23.6 Å². The number of likely N-dealkylation sites (N-methyl/N-ethyl adjacent to an activating group) is 2. The molecule has 52 heavy (non-hydrogen) atoms. The van der Waals surface area contributed by atoms with Gasteiger partial charge in [0.25, 0.3) is 0 Å². The maximum Gasteiger partial charge on any atom is 0.242 e. The summed E-state index contributed by atoms with van der Waals surface area (Å²) in [7, 11) is 3.18. The van der Waals surface area contributed by atoms with Crippen molar-refractivity contribution in [3.05, 3.63) is 0 Å². The number of unbranched alkanes of at least 4 members (excludes halogenated alkanes) is 10. The average Bonchev–Trinajstić information content (AvgIpc) is 3.18. The van der Waals surface area contributed by atoms with Gasteiger partial charge in [-0.2, -0.15) is 0 Å². The zero-order chi connectivity index (χ0) is 41.3. The molecule has 0 aromatic carbocycles. The Morgan fingerprint density at radius 1 is 0.500 bits per heavy atom. The highest BCUT2D eigenvalue weighted by Gasteiger charge is 2.19. The van der Waals surface area contributed by atoms with Gasteiger partial charge in [-0.25, -0.2) is 0 Å². The van der Waals surface area contributed by atoms with Crippen molar-refractivity contribution < 1.29 is 19.2 Å². The van der Waals surface area contributed by atoms with Gasteiger partial charge in [0.05, 0.1) is 6.04 Å². The Kier molecular flexibility index (Phi) is 69.0. The molecule has 0 spiro atoms. The fraction of sp³-hybridized carbons (Fsp3) is 0.902. The number of nitrogens with one attached hydrogen (secondary N) is 4. The smallest absolute Gasteiger partial charge is 0.242 e. The molecule has 0 aliphatic heterocycles. The standard InChI is InChI=1S/C19H39N5O3.C8H18N2O.3C4H10.C2H6/c1-22-19(27)16(24-18(26)12-5-3-8-14-21)10-6-9-15-23-17(25)11-4-2-7-13-20;1-3-4-5-6-7(9)8(11)10-2;3*1-3-4-2;1-2/h16H,2-15,20-21H2,1H3,(H,22,27)(H,23,25)(H,24,26);7H,3-6,9H2,1-2H3,(H,10,11);3*3-4H2,1-2H3;1-2H3. The number of rotatable bonds is 25. The maximum atomic E-state index is 12.0. The van der Waals surface area contributed by atoms with Crippen molar-refractivity contribution in [2.75, 3.05) is 33.7 Å². The Hall–Kier alpha value is -2.24. The van der Waals surface area contributed by atoms with Crippen molar-refractivity contribution in [1.82, 2.24) is 21.3 Å². The SMILES string of the molecule is CC.CCCC.CCCC.CCCC.CCCCCC(N)C(=O)NC.CNC(=O)C(CCCCNC(=O)CCCCCN)NC(=O)CCCCCN. The molecular formula is C41H93N7O4. The average molecular weight is 748 g/mol. The first-order chi connectivity index (χ1) is 25.0. The van der Waals surface area contributed by atoms with Crippen molar-refractivity contribution in [1.29, 1.82) is 0 Å². The largest absolute Gasteiger partial charge is 0.358 e. The minimum atomic E-state index is -0.524. The summed E-state index contributed by atoms with van der Waals surface area (Å²) in [6.45, 7) is 21.1. The Balaban J connectivity index is -0.000000172. The monoisotopic (exact) mass is 748 g/mol. The first kappa shape index (κ1) is 61.8. The van der Waals surface area contributed by atoms with Crippen LogP contribution in [0.4, 0.5) is 0 Å². The Morgan fingerprint density at radius 2 is 0.923 bits per heavy atom. The van der Waals surface area contributed by atoms with E-state index in [1.807, 2.05) is 13.8 Å². The zero-order valence-electron chi connectivity index (χ0n) is 36.5. The molecule has 10 N–H and O–H groups in total. The molecule has 0 heterocycles. The van der Waals surface area contributed by atoms with E-state index < -0.39 is 6.04 Å². The van der Waals surface area contributed by atoms with Gasteiger partial charge in [-0.15, -0.1) is 0 Å². The maximum absolute atomic E-state index is 12.0. The molecule has 0 aromatic heterocycles. The highest BCUT2D eigenvalue weighted by Crippen LogP contribution is 2.05. The lowest BCUT2D eigenvalue weighted by Crippen LogP contribution is -2.45. The summed E-state index contributed by atoms with van der Waals surface area (Å²) in [5, 5.41) is 10.8. The number of hydrogen-bond acceptors (Lipinski definition) is 7. The number of carbonyl (C=O) groups is 4. The Morgan fingerprint density at radius 3 is 1.31 bits per heavy atom. The summed E-state index contributed by atoms with van der Waals surface area (Å²) in [6.07, 6.45) is 20.5. The minimum absolute atomic E-state index is 0.0545. The van der Waals surface area contributed by atoms with Gasteiger partial charge in [-0.1, -0.05) is 133 Å². The van der Waals surface area contributed by atoms with Gasteiger partial charge in [0.2, 0.25) is 23.6 Å². The first-order valence-electron chi connectivity index (χ1n) is 21.2. The van der Waals surface area contributed by atoms with Crippen LogP contribution in [-0.4, -0.2) is 69.4 Å². The molecule has 4 amide bonds. The van der Waals surface area contributed by atoms with E-state index in [9.17, 15) is 19.2 Å². The molecule has 0 saturated carbocycles. The van der Waals surface area contributed by atoms with Gasteiger partial charge in [-0.05, 0) is 64.5 Å². The molecule has 11 nitrogen and oxygen atoms in total. The van der Waals surface area contributed by atoms with Crippen LogP contribution in [0.3, 0.4) is 0 Å². The van der Waals surface area contributed by atoms with E-state index >= 15 is 0 Å². The summed E-state index contributed by atoms with van der Waals surface area (Å²) in [6, 6.07) is -0.837. The van der Waals surface area contributed by atoms with E-state index in [2.05, 4.69) is 69.7 Å². The second-order valence-electron chi connectivity index (χ2n) is 12.5. The quantitative estimate of drug-likeness (QED) is 0.0467. The zero-order valence-corrected chi connectivity index (χ0v) is 36.5. The van der Waals surface area contributed by atoms with Crippen LogP contribution in [0.2, 0.25) is 0 Å². The van der Waals surface area contributed by atoms with E-state index in [-0.39, 0.29) is 29.7 Å². The van der Waals surface area contributed by atoms with Gasteiger partial charge in [0, 0.05) is 33.5 Å². The summed E-state index contributed by atoms with van der Waals surface area (Å²) < 4.78 is 0. The molecule has 0 bridgehead atoms. The third kappa shape index (κ3) is 59.9. The van der Waals surface area contributed by atoms with Crippen LogP contribution in [0.5, 0.6) is 0 Å². The summed E-state index contributed by atoms with van der Waals surface area (Å²) in [5.41, 5.74) is 16.4. The fourth-order valence-electron chi connectivity index (χ4n) is 3.64. The number of hydrogen-bond donors (Lipinski definition) is 7. The lowest BCUT2D eigenvalue weighted by Gasteiger charge is -2.17. The molecular weight excluding hydrogens is 654 g/mol. The van der Waals surface area contributed by atoms with Crippen molar-refractivity contribution in [2.45, 2.75) is 209 Å². The van der Waals surface area contributed by atoms with Gasteiger partial charge in [-0.3, -0.25) is 19.2 Å². The highest BCUT2D eigenvalue weighted by atomic mass is 16.2. The third-order valence-electron chi connectivity index (χ3n) is 7.56. The van der Waals surface area contributed by atoms with E-state index in [1.54, 1.807) is 14.1 Å². The van der Waals surface area contributed by atoms with Crippen LogP contribution in [0.15, 0.2) is 0 Å². The third-order valence-corrected chi connectivity index (χ3v) is 7.56. The van der Waals surface area contributed by atoms with Crippen LogP contribution in [0.25, 0.3) is 0 Å². The van der Waals surface area contributed by atoms with E-state index in [0.717, 1.165) is 70.6 Å². The van der Waals surface area contributed by atoms with Gasteiger partial charge in [0.1, 0.15) is 6.04 Å². The molecule has 2 unspecified atom stereocenters. The van der Waals surface area contributed by atoms with Crippen LogP contribution in [0, 0.1) is 0 Å². The molecule has 2 atom stereocenters. The molecule has 0 aromatic rings. The molecule has 11 heteroatoms. The Bertz CT molecular complexity index is 697. The predicted molar refractivity (Wildman–Crippen MR) is 227 cm³/mol. The predicted octanol–water partition coefficient (Wildman–Crippen LogP) is 7.63. The van der Waals surface area contributed by atoms with Gasteiger partial charge in [0.15, 0.2) is 0 Å². The Labute approximate surface area is 323 Å².